The highest BCUT2D eigenvalue weighted by Gasteiger charge is 2.39. The van der Waals surface area contributed by atoms with E-state index < -0.39 is 35.1 Å². The first kappa shape index (κ1) is 75.8. The first-order chi connectivity index (χ1) is 45.6. The van der Waals surface area contributed by atoms with Crippen molar-refractivity contribution in [3.8, 4) is 5.75 Å². The molecule has 3 N–H and O–H groups in total. The van der Waals surface area contributed by atoms with E-state index in [1.807, 2.05) is 35.2 Å². The Bertz CT molecular complexity index is 2750. The fraction of sp³-hybridized carbons (Fsp3) is 0.701. The van der Waals surface area contributed by atoms with Crippen LogP contribution in [-0.2, 0) is 65.2 Å². The zero-order valence-corrected chi connectivity index (χ0v) is 55.3. The lowest BCUT2D eigenvalue weighted by Crippen LogP contribution is -2.47. The number of aliphatic imine (C=N–C) groups is 1. The molecule has 1 aliphatic carbocycles. The minimum absolute atomic E-state index is 0.0548. The fourth-order valence-electron chi connectivity index (χ4n) is 12.5. The van der Waals surface area contributed by atoms with E-state index in [1.54, 1.807) is 6.21 Å². The number of piperazine rings is 1. The van der Waals surface area contributed by atoms with E-state index in [0.29, 0.717) is 135 Å². The lowest BCUT2D eigenvalue weighted by atomic mass is 9.86. The predicted molar refractivity (Wildman–Crippen MR) is 344 cm³/mol. The number of hydrogen-bond acceptors (Lipinski definition) is 19. The first-order valence-corrected chi connectivity index (χ1v) is 33.6. The normalized spacial score (nSPS) is 19.1. The van der Waals surface area contributed by atoms with Gasteiger partial charge in [-0.1, -0.05) is 30.3 Å². The minimum atomic E-state index is -2.67. The minimum Gasteiger partial charge on any atom is -0.420 e. The number of imidazole rings is 1. The molecular weight excluding hydrogens is 1230 g/mol. The molecule has 0 bridgehead atoms. The van der Waals surface area contributed by atoms with Crippen LogP contribution < -0.4 is 15.9 Å². The van der Waals surface area contributed by atoms with Crippen LogP contribution in [0.2, 0.25) is 0 Å². The van der Waals surface area contributed by atoms with Gasteiger partial charge < -0.3 is 68.2 Å². The Labute approximate surface area is 550 Å². The van der Waals surface area contributed by atoms with E-state index in [4.69, 9.17) is 48.7 Å². The summed E-state index contributed by atoms with van der Waals surface area (Å²) < 4.78 is 119. The average molecular weight is 1330 g/mol. The number of rotatable bonds is 44. The van der Waals surface area contributed by atoms with Crippen LogP contribution in [0.5, 0.6) is 5.75 Å². The molecule has 2 aromatic carbocycles. The van der Waals surface area contributed by atoms with Crippen molar-refractivity contribution in [3.05, 3.63) is 82.7 Å². The summed E-state index contributed by atoms with van der Waals surface area (Å²) in [5.74, 6) is -2.11. The van der Waals surface area contributed by atoms with E-state index in [2.05, 4.69) is 60.2 Å². The van der Waals surface area contributed by atoms with E-state index in [1.165, 1.54) is 5.69 Å². The van der Waals surface area contributed by atoms with Crippen LogP contribution in [0.1, 0.15) is 119 Å². The smallest absolute Gasteiger partial charge is 0.313 e. The molecule has 0 radical (unpaired) electrons. The second-order valence-corrected chi connectivity index (χ2v) is 24.5. The van der Waals surface area contributed by atoms with Crippen molar-refractivity contribution in [3.63, 3.8) is 0 Å². The molecular formula is C67H101F5N10O12. The second-order valence-electron chi connectivity index (χ2n) is 24.5. The molecule has 4 atom stereocenters. The number of benzene rings is 2. The van der Waals surface area contributed by atoms with Crippen molar-refractivity contribution in [2.75, 3.05) is 165 Å². The van der Waals surface area contributed by atoms with Gasteiger partial charge in [0.15, 0.2) is 11.6 Å². The lowest BCUT2D eigenvalue weighted by molar-refractivity contribution is -0.136. The summed E-state index contributed by atoms with van der Waals surface area (Å²) in [6.07, 6.45) is 7.32. The summed E-state index contributed by atoms with van der Waals surface area (Å²) >= 11 is 0. The topological polar surface area (TPSA) is 228 Å². The average Bonchev–Trinajstić information content (AvgIpc) is 1.63. The predicted octanol–water partition coefficient (Wildman–Crippen LogP) is 7.28. The molecule has 4 unspecified atom stereocenters. The highest BCUT2D eigenvalue weighted by molar-refractivity contribution is 6.31. The maximum Gasteiger partial charge on any atom is 0.313 e. The Morgan fingerprint density at radius 2 is 1.32 bits per heavy atom. The van der Waals surface area contributed by atoms with Crippen LogP contribution in [0.4, 0.5) is 22.0 Å². The third-order valence-corrected chi connectivity index (χ3v) is 17.6. The Hall–Kier alpha value is -5.59. The molecule has 1 saturated carbocycles. The molecule has 2 saturated heterocycles. The van der Waals surface area contributed by atoms with Gasteiger partial charge in [-0.05, 0) is 77.8 Å². The van der Waals surface area contributed by atoms with Crippen molar-refractivity contribution in [1.29, 1.82) is 0 Å². The van der Waals surface area contributed by atoms with Crippen LogP contribution in [0.3, 0.4) is 0 Å². The Balaban J connectivity index is 0.629. The molecule has 0 spiro atoms. The summed E-state index contributed by atoms with van der Waals surface area (Å²) in [5, 5.41) is 6.99. The number of carbonyl (C=O) groups is 3. The number of hydrazone groups is 1. The first-order valence-electron chi connectivity index (χ1n) is 33.6. The second kappa shape index (κ2) is 41.5. The molecule has 27 heteroatoms. The maximum absolute atomic E-state index is 13.9. The number of likely N-dealkylation sites (tertiary alicyclic amines) is 1. The van der Waals surface area contributed by atoms with E-state index in [-0.39, 0.29) is 88.3 Å². The molecule has 4 aliphatic rings. The fourth-order valence-corrected chi connectivity index (χ4v) is 12.5. The summed E-state index contributed by atoms with van der Waals surface area (Å²) in [6.45, 7) is 20.3. The maximum atomic E-state index is 13.9. The molecule has 3 fully saturated rings. The van der Waals surface area contributed by atoms with E-state index >= 15 is 0 Å². The zero-order valence-electron chi connectivity index (χ0n) is 55.3. The summed E-state index contributed by atoms with van der Waals surface area (Å²) in [5.41, 5.74) is 3.77. The number of alkyl halides is 2. The van der Waals surface area contributed by atoms with Gasteiger partial charge in [0, 0.05) is 120 Å². The van der Waals surface area contributed by atoms with Gasteiger partial charge in [-0.2, -0.15) is 5.10 Å². The number of halogens is 5. The number of nitrogens with zero attached hydrogens (tertiary/aromatic N) is 8. The SMILES string of the molecule is Cc1nc2c(n1C(C)CC1CCC(C)N1CCC(NC(=O)C1CCC(F)(F)CC1)c1ccccc1)CCN(C(=O)CCCN1CCN(CCOCCOCCOCCOC/C(C=NCCOCCOCCOCCOCCC(=O)Oc3c(F)cc(F)cc3F)=N/N)CC1)C2. The number of carbonyl (C=O) groups excluding carboxylic acids is 3. The number of esters is 1. The molecule has 3 aliphatic heterocycles. The molecule has 526 valence electrons. The number of aromatic nitrogens is 2. The van der Waals surface area contributed by atoms with Crippen molar-refractivity contribution in [2.24, 2.45) is 21.9 Å². The molecule has 4 heterocycles. The third-order valence-electron chi connectivity index (χ3n) is 17.6. The van der Waals surface area contributed by atoms with Gasteiger partial charge in [0.25, 0.3) is 0 Å². The van der Waals surface area contributed by atoms with Gasteiger partial charge in [0.2, 0.25) is 23.5 Å². The standard InChI is InChI=1S/C67H101F5N10O12/c1-50-11-12-57(81(50)23-15-60(53-8-5-4-6-9-53)76-66(85)54-13-18-67(71,72)19-14-54)44-51(2)82-52(3)75-61-48-80(22-16-62(61)82)63(83)10-7-21-78-24-26-79(27-25-78)28-31-88-34-37-91-40-41-92-42-43-93-49-56(77-73)47-74-20-30-87-33-36-90-39-38-89-35-32-86-29-17-64(84)94-65-58(69)45-55(68)46-59(65)70/h4-6,8-9,45-47,50-51,54,57,60H,7,10-44,48-49,73H2,1-3H3,(H,76,85)/b74-47?,77-56+. The number of nitrogens with two attached hydrogens (primary N) is 1. The third kappa shape index (κ3) is 26.4. The molecule has 7 rings (SSSR count). The Morgan fingerprint density at radius 1 is 0.734 bits per heavy atom. The van der Waals surface area contributed by atoms with Crippen LogP contribution in [-0.4, -0.2) is 241 Å². The van der Waals surface area contributed by atoms with Crippen LogP contribution >= 0.6 is 0 Å². The van der Waals surface area contributed by atoms with Gasteiger partial charge in [-0.15, -0.1) is 0 Å². The monoisotopic (exact) mass is 1330 g/mol. The molecule has 22 nitrogen and oxygen atoms in total. The zero-order chi connectivity index (χ0) is 66.9. The van der Waals surface area contributed by atoms with Crippen LogP contribution in [0, 0.1) is 30.3 Å². The van der Waals surface area contributed by atoms with Gasteiger partial charge >= 0.3 is 5.97 Å². The van der Waals surface area contributed by atoms with Crippen molar-refractivity contribution < 1.29 is 79.0 Å². The molecule has 94 heavy (non-hydrogen) atoms. The number of amides is 2. The van der Waals surface area contributed by atoms with Gasteiger partial charge in [-0.3, -0.25) is 29.2 Å². The summed E-state index contributed by atoms with van der Waals surface area (Å²) in [6, 6.07) is 11.7. The van der Waals surface area contributed by atoms with Crippen molar-refractivity contribution >= 4 is 29.7 Å². The highest BCUT2D eigenvalue weighted by atomic mass is 19.3. The quantitative estimate of drug-likeness (QED) is 0.0108. The molecule has 2 amide bonds. The van der Waals surface area contributed by atoms with Crippen molar-refractivity contribution in [1.82, 2.24) is 34.5 Å². The van der Waals surface area contributed by atoms with E-state index in [0.717, 1.165) is 101 Å². The molecule has 3 aromatic rings. The Morgan fingerprint density at radius 3 is 1.95 bits per heavy atom. The van der Waals surface area contributed by atoms with Gasteiger partial charge in [0.1, 0.15) is 17.4 Å². The lowest BCUT2D eigenvalue weighted by Gasteiger charge is -2.35. The molecule has 1 aromatic heterocycles. The van der Waals surface area contributed by atoms with Crippen LogP contribution in [0.25, 0.3) is 0 Å². The number of ether oxygens (including phenoxy) is 9. The van der Waals surface area contributed by atoms with E-state index in [9.17, 15) is 36.3 Å². The van der Waals surface area contributed by atoms with Gasteiger partial charge in [-0.25, -0.2) is 26.9 Å². The Kier molecular flexibility index (Phi) is 33.5. The van der Waals surface area contributed by atoms with Gasteiger partial charge in [0.05, 0.1) is 137 Å². The van der Waals surface area contributed by atoms with Crippen molar-refractivity contribution in [2.45, 2.75) is 134 Å². The summed E-state index contributed by atoms with van der Waals surface area (Å²) in [7, 11) is 0. The number of aryl methyl sites for hydroxylation is 1. The largest absolute Gasteiger partial charge is 0.420 e. The summed E-state index contributed by atoms with van der Waals surface area (Å²) in [4.78, 5) is 57.6. The highest BCUT2D eigenvalue weighted by Crippen LogP contribution is 2.38. The number of nitrogens with one attached hydrogen (secondary N) is 1. The number of hydrogen-bond donors (Lipinski definition) is 2. The van der Waals surface area contributed by atoms with Crippen LogP contribution in [0.15, 0.2) is 52.6 Å². The number of fused-ring (bicyclic) bond motifs is 1.